The molecule has 0 atom stereocenters. The summed E-state index contributed by atoms with van der Waals surface area (Å²) in [6.45, 7) is 6.26. The van der Waals surface area contributed by atoms with E-state index in [1.807, 2.05) is 24.3 Å². The molecular formula is C28H31NO2. The van der Waals surface area contributed by atoms with Crippen molar-refractivity contribution in [1.82, 2.24) is 4.90 Å². The van der Waals surface area contributed by atoms with Crippen LogP contribution in [0.4, 0.5) is 0 Å². The molecular weight excluding hydrogens is 382 g/mol. The van der Waals surface area contributed by atoms with Gasteiger partial charge in [0, 0.05) is 6.54 Å². The molecule has 3 nitrogen and oxygen atoms in total. The van der Waals surface area contributed by atoms with Crippen LogP contribution in [-0.2, 0) is 0 Å². The molecule has 1 heterocycles. The summed E-state index contributed by atoms with van der Waals surface area (Å²) in [6.07, 6.45) is 3.51. The first kappa shape index (κ1) is 21.2. The smallest absolute Gasteiger partial charge is 0.119 e. The summed E-state index contributed by atoms with van der Waals surface area (Å²) in [7, 11) is 0. The van der Waals surface area contributed by atoms with Crippen molar-refractivity contribution in [3.05, 3.63) is 95.6 Å². The highest BCUT2D eigenvalue weighted by atomic mass is 16.5. The third-order valence-corrected chi connectivity index (χ3v) is 5.93. The number of rotatable bonds is 8. The normalized spacial score (nSPS) is 15.0. The largest absolute Gasteiger partial charge is 0.508 e. The van der Waals surface area contributed by atoms with Crippen molar-refractivity contribution in [2.24, 2.45) is 0 Å². The highest BCUT2D eigenvalue weighted by Crippen LogP contribution is 2.36. The van der Waals surface area contributed by atoms with Gasteiger partial charge in [-0.15, -0.1) is 0 Å². The Balaban J connectivity index is 1.68. The Hall–Kier alpha value is -3.04. The molecule has 0 amide bonds. The van der Waals surface area contributed by atoms with Gasteiger partial charge in [-0.05, 0) is 84.5 Å². The molecule has 3 aromatic carbocycles. The zero-order valence-corrected chi connectivity index (χ0v) is 18.3. The second-order valence-corrected chi connectivity index (χ2v) is 8.05. The van der Waals surface area contributed by atoms with Gasteiger partial charge in [0.25, 0.3) is 0 Å². The molecule has 0 saturated carbocycles. The number of allylic oxidation sites excluding steroid dienone is 1. The molecule has 3 heteroatoms. The van der Waals surface area contributed by atoms with Crippen molar-refractivity contribution in [2.75, 3.05) is 26.2 Å². The van der Waals surface area contributed by atoms with E-state index >= 15 is 0 Å². The third-order valence-electron chi connectivity index (χ3n) is 5.93. The summed E-state index contributed by atoms with van der Waals surface area (Å²) < 4.78 is 6.13. The summed E-state index contributed by atoms with van der Waals surface area (Å²) in [5, 5.41) is 9.81. The zero-order valence-electron chi connectivity index (χ0n) is 18.3. The second kappa shape index (κ2) is 10.3. The van der Waals surface area contributed by atoms with Crippen LogP contribution in [0.1, 0.15) is 42.9 Å². The maximum atomic E-state index is 9.81. The molecule has 3 aromatic rings. The van der Waals surface area contributed by atoms with Crippen LogP contribution in [0.5, 0.6) is 11.5 Å². The Bertz CT molecular complexity index is 1000. The Kier molecular flexibility index (Phi) is 7.06. The zero-order chi connectivity index (χ0) is 21.5. The standard InChI is InChI=1S/C28H31NO2/c1-2-27(22-9-4-3-5-10-22)28(23-13-15-25(30)16-14-23)24-11-8-12-26(21-24)31-20-19-29-17-6-7-18-29/h3-5,8-16,21,30H,2,6-7,17-20H2,1H3/b28-27-. The third kappa shape index (κ3) is 5.36. The van der Waals surface area contributed by atoms with Crippen LogP contribution < -0.4 is 4.74 Å². The Morgan fingerprint density at radius 2 is 1.55 bits per heavy atom. The molecule has 4 rings (SSSR count). The van der Waals surface area contributed by atoms with Crippen LogP contribution in [-0.4, -0.2) is 36.2 Å². The predicted octanol–water partition coefficient (Wildman–Crippen LogP) is 6.24. The van der Waals surface area contributed by atoms with E-state index in [2.05, 4.69) is 54.3 Å². The van der Waals surface area contributed by atoms with Crippen molar-refractivity contribution in [2.45, 2.75) is 26.2 Å². The van der Waals surface area contributed by atoms with Gasteiger partial charge in [-0.1, -0.05) is 61.5 Å². The van der Waals surface area contributed by atoms with Crippen molar-refractivity contribution in [1.29, 1.82) is 0 Å². The Labute approximate surface area is 185 Å². The number of ether oxygens (including phenoxy) is 1. The average Bonchev–Trinajstić information content (AvgIpc) is 3.33. The SMILES string of the molecule is CC/C(=C(\c1ccc(O)cc1)c1cccc(OCCN2CCCC2)c1)c1ccccc1. The molecule has 160 valence electrons. The lowest BCUT2D eigenvalue weighted by Crippen LogP contribution is -2.25. The molecule has 1 fully saturated rings. The van der Waals surface area contributed by atoms with Crippen LogP contribution in [0.15, 0.2) is 78.9 Å². The first-order valence-corrected chi connectivity index (χ1v) is 11.3. The van der Waals surface area contributed by atoms with Gasteiger partial charge in [-0.3, -0.25) is 4.90 Å². The minimum atomic E-state index is 0.278. The summed E-state index contributed by atoms with van der Waals surface area (Å²) in [6, 6.07) is 26.4. The molecule has 1 aliphatic heterocycles. The molecule has 0 spiro atoms. The van der Waals surface area contributed by atoms with Crippen molar-refractivity contribution >= 4 is 11.1 Å². The number of likely N-dealkylation sites (tertiary alicyclic amines) is 1. The van der Waals surface area contributed by atoms with E-state index in [4.69, 9.17) is 4.74 Å². The van der Waals surface area contributed by atoms with Gasteiger partial charge in [0.05, 0.1) is 0 Å². The van der Waals surface area contributed by atoms with Crippen molar-refractivity contribution < 1.29 is 9.84 Å². The van der Waals surface area contributed by atoms with Gasteiger partial charge in [0.15, 0.2) is 0 Å². The molecule has 0 unspecified atom stereocenters. The number of phenolic OH excluding ortho intramolecular Hbond substituents is 1. The molecule has 1 aliphatic rings. The minimum Gasteiger partial charge on any atom is -0.508 e. The molecule has 0 bridgehead atoms. The fourth-order valence-corrected chi connectivity index (χ4v) is 4.35. The monoisotopic (exact) mass is 413 g/mol. The summed E-state index contributed by atoms with van der Waals surface area (Å²) >= 11 is 0. The van der Waals surface area contributed by atoms with Crippen molar-refractivity contribution in [3.63, 3.8) is 0 Å². The molecule has 0 radical (unpaired) electrons. The first-order valence-electron chi connectivity index (χ1n) is 11.3. The van der Waals surface area contributed by atoms with Crippen LogP contribution in [0, 0.1) is 0 Å². The van der Waals surface area contributed by atoms with Crippen molar-refractivity contribution in [3.8, 4) is 11.5 Å². The Morgan fingerprint density at radius 3 is 2.26 bits per heavy atom. The van der Waals surface area contributed by atoms with E-state index in [-0.39, 0.29) is 5.75 Å². The number of phenols is 1. The van der Waals surface area contributed by atoms with Crippen LogP contribution >= 0.6 is 0 Å². The van der Waals surface area contributed by atoms with Gasteiger partial charge in [0.2, 0.25) is 0 Å². The number of benzene rings is 3. The topological polar surface area (TPSA) is 32.7 Å². The Morgan fingerprint density at radius 1 is 0.839 bits per heavy atom. The van der Waals surface area contributed by atoms with Gasteiger partial charge >= 0.3 is 0 Å². The van der Waals surface area contributed by atoms with Gasteiger partial charge in [0.1, 0.15) is 18.1 Å². The summed E-state index contributed by atoms with van der Waals surface area (Å²) in [5.41, 5.74) is 5.89. The van der Waals surface area contributed by atoms with Gasteiger partial charge < -0.3 is 9.84 Å². The highest BCUT2D eigenvalue weighted by molar-refractivity contribution is 5.98. The van der Waals surface area contributed by atoms with E-state index in [0.29, 0.717) is 6.61 Å². The fourth-order valence-electron chi connectivity index (χ4n) is 4.35. The van der Waals surface area contributed by atoms with E-state index in [9.17, 15) is 5.11 Å². The molecule has 1 N–H and O–H groups in total. The lowest BCUT2D eigenvalue weighted by Gasteiger charge is -2.18. The van der Waals surface area contributed by atoms with Gasteiger partial charge in [-0.2, -0.15) is 0 Å². The summed E-state index contributed by atoms with van der Waals surface area (Å²) in [5.74, 6) is 1.18. The fraction of sp³-hybridized carbons (Fsp3) is 0.286. The highest BCUT2D eigenvalue weighted by Gasteiger charge is 2.15. The number of aromatic hydroxyl groups is 1. The van der Waals surface area contributed by atoms with E-state index < -0.39 is 0 Å². The van der Waals surface area contributed by atoms with Crippen LogP contribution in [0.3, 0.4) is 0 Å². The lowest BCUT2D eigenvalue weighted by atomic mass is 9.88. The van der Waals surface area contributed by atoms with E-state index in [0.717, 1.165) is 29.8 Å². The molecule has 0 aromatic heterocycles. The van der Waals surface area contributed by atoms with E-state index in [1.165, 1.54) is 42.6 Å². The number of hydrogen-bond donors (Lipinski definition) is 1. The molecule has 31 heavy (non-hydrogen) atoms. The summed E-state index contributed by atoms with van der Waals surface area (Å²) in [4.78, 5) is 2.47. The van der Waals surface area contributed by atoms with E-state index in [1.54, 1.807) is 12.1 Å². The molecule has 0 aliphatic carbocycles. The average molecular weight is 414 g/mol. The predicted molar refractivity (Wildman–Crippen MR) is 128 cm³/mol. The molecule has 1 saturated heterocycles. The maximum Gasteiger partial charge on any atom is 0.119 e. The van der Waals surface area contributed by atoms with Crippen LogP contribution in [0.2, 0.25) is 0 Å². The quantitative estimate of drug-likeness (QED) is 0.444. The van der Waals surface area contributed by atoms with Gasteiger partial charge in [-0.25, -0.2) is 0 Å². The lowest BCUT2D eigenvalue weighted by molar-refractivity contribution is 0.238. The number of hydrogen-bond acceptors (Lipinski definition) is 3. The number of nitrogens with zero attached hydrogens (tertiary/aromatic N) is 1. The first-order chi connectivity index (χ1) is 15.2. The maximum absolute atomic E-state index is 9.81. The van der Waals surface area contributed by atoms with Crippen LogP contribution in [0.25, 0.3) is 11.1 Å². The second-order valence-electron chi connectivity index (χ2n) is 8.05. The minimum absolute atomic E-state index is 0.278.